The molecule has 0 bridgehead atoms. The molecule has 0 N–H and O–H groups in total. The van der Waals surface area contributed by atoms with Crippen LogP contribution in [0.4, 0.5) is 0 Å². The molecule has 2 fully saturated rings. The Morgan fingerprint density at radius 3 is 2.00 bits per heavy atom. The minimum absolute atomic E-state index is 0.693. The third kappa shape index (κ3) is 0.726. The van der Waals surface area contributed by atoms with Crippen LogP contribution in [0.1, 0.15) is 38.5 Å². The van der Waals surface area contributed by atoms with E-state index in [0.29, 0.717) is 5.41 Å². The zero-order chi connectivity index (χ0) is 6.32. The van der Waals surface area contributed by atoms with Gasteiger partial charge in [-0.25, -0.2) is 0 Å². The molecule has 2 aliphatic carbocycles. The Morgan fingerprint density at radius 1 is 1.11 bits per heavy atom. The van der Waals surface area contributed by atoms with Crippen molar-refractivity contribution in [2.45, 2.75) is 38.5 Å². The highest BCUT2D eigenvalue weighted by Crippen LogP contribution is 2.59. The monoisotopic (exact) mass is 122 g/mol. The topological polar surface area (TPSA) is 0 Å². The standard InChI is InChI=1S/C9H14/c1-8-7-9(8)5-3-2-4-6-9/h1-7H2. The van der Waals surface area contributed by atoms with Crippen molar-refractivity contribution in [3.63, 3.8) is 0 Å². The zero-order valence-electron chi connectivity index (χ0n) is 5.95. The summed E-state index contributed by atoms with van der Waals surface area (Å²) in [7, 11) is 0. The molecule has 0 aliphatic heterocycles. The van der Waals surface area contributed by atoms with E-state index in [1.165, 1.54) is 38.5 Å². The van der Waals surface area contributed by atoms with Gasteiger partial charge in [0.2, 0.25) is 0 Å². The summed E-state index contributed by atoms with van der Waals surface area (Å²) in [5.41, 5.74) is 2.24. The first-order valence-electron chi connectivity index (χ1n) is 4.02. The van der Waals surface area contributed by atoms with Crippen LogP contribution in [-0.2, 0) is 0 Å². The van der Waals surface area contributed by atoms with Crippen molar-refractivity contribution in [1.29, 1.82) is 0 Å². The molecule has 1 spiro atoms. The van der Waals surface area contributed by atoms with Gasteiger partial charge in [-0.15, -0.1) is 0 Å². The molecule has 0 aromatic rings. The molecular weight excluding hydrogens is 108 g/mol. The normalized spacial score (nSPS) is 30.9. The minimum Gasteiger partial charge on any atom is -0.0993 e. The van der Waals surface area contributed by atoms with Gasteiger partial charge in [-0.05, 0) is 24.7 Å². The van der Waals surface area contributed by atoms with Gasteiger partial charge in [0.15, 0.2) is 0 Å². The fourth-order valence-corrected chi connectivity index (χ4v) is 2.12. The number of hydrogen-bond acceptors (Lipinski definition) is 0. The molecule has 0 saturated heterocycles. The van der Waals surface area contributed by atoms with E-state index in [0.717, 1.165) is 0 Å². The third-order valence-electron chi connectivity index (χ3n) is 2.99. The van der Waals surface area contributed by atoms with E-state index < -0.39 is 0 Å². The number of hydrogen-bond donors (Lipinski definition) is 0. The summed E-state index contributed by atoms with van der Waals surface area (Å²) in [5, 5.41) is 0. The maximum Gasteiger partial charge on any atom is -0.00532 e. The molecular formula is C9H14. The van der Waals surface area contributed by atoms with Gasteiger partial charge < -0.3 is 0 Å². The van der Waals surface area contributed by atoms with Crippen LogP contribution in [0.15, 0.2) is 12.2 Å². The smallest absolute Gasteiger partial charge is 0.00532 e. The number of rotatable bonds is 0. The Kier molecular flexibility index (Phi) is 0.992. The molecule has 9 heavy (non-hydrogen) atoms. The van der Waals surface area contributed by atoms with Crippen LogP contribution in [0, 0.1) is 5.41 Å². The van der Waals surface area contributed by atoms with Gasteiger partial charge in [-0.2, -0.15) is 0 Å². The summed E-state index contributed by atoms with van der Waals surface area (Å²) in [6.07, 6.45) is 8.64. The van der Waals surface area contributed by atoms with Crippen LogP contribution in [-0.4, -0.2) is 0 Å². The Bertz CT molecular complexity index is 138. The van der Waals surface area contributed by atoms with Gasteiger partial charge in [0.1, 0.15) is 0 Å². The summed E-state index contributed by atoms with van der Waals surface area (Å²) in [6, 6.07) is 0. The molecule has 50 valence electrons. The summed E-state index contributed by atoms with van der Waals surface area (Å²) in [5.74, 6) is 0. The van der Waals surface area contributed by atoms with E-state index in [-0.39, 0.29) is 0 Å². The predicted molar refractivity (Wildman–Crippen MR) is 39.3 cm³/mol. The summed E-state index contributed by atoms with van der Waals surface area (Å²) in [4.78, 5) is 0. The van der Waals surface area contributed by atoms with Crippen molar-refractivity contribution in [1.82, 2.24) is 0 Å². The Morgan fingerprint density at radius 2 is 1.67 bits per heavy atom. The van der Waals surface area contributed by atoms with Gasteiger partial charge in [0, 0.05) is 0 Å². The van der Waals surface area contributed by atoms with E-state index in [1.807, 2.05) is 0 Å². The maximum atomic E-state index is 4.04. The van der Waals surface area contributed by atoms with Crippen molar-refractivity contribution in [3.05, 3.63) is 12.2 Å². The predicted octanol–water partition coefficient (Wildman–Crippen LogP) is 2.90. The Balaban J connectivity index is 2.04. The van der Waals surface area contributed by atoms with Crippen LogP contribution < -0.4 is 0 Å². The molecule has 0 unspecified atom stereocenters. The highest BCUT2D eigenvalue weighted by Gasteiger charge is 2.46. The molecule has 2 aliphatic rings. The molecule has 0 atom stereocenters. The fourth-order valence-electron chi connectivity index (χ4n) is 2.12. The van der Waals surface area contributed by atoms with Crippen LogP contribution in [0.2, 0.25) is 0 Å². The Labute approximate surface area is 57.0 Å². The lowest BCUT2D eigenvalue weighted by Gasteiger charge is -2.19. The largest absolute Gasteiger partial charge is 0.0993 e. The number of allylic oxidation sites excluding steroid dienone is 1. The van der Waals surface area contributed by atoms with Gasteiger partial charge in [-0.3, -0.25) is 0 Å². The lowest BCUT2D eigenvalue weighted by molar-refractivity contribution is 0.354. The second-order valence-electron chi connectivity index (χ2n) is 3.62. The maximum absolute atomic E-state index is 4.04. The molecule has 2 rings (SSSR count). The minimum atomic E-state index is 0.693. The fraction of sp³-hybridized carbons (Fsp3) is 0.778. The average molecular weight is 122 g/mol. The molecule has 0 radical (unpaired) electrons. The van der Waals surface area contributed by atoms with Crippen LogP contribution in [0.3, 0.4) is 0 Å². The van der Waals surface area contributed by atoms with E-state index in [1.54, 1.807) is 5.57 Å². The molecule has 2 saturated carbocycles. The van der Waals surface area contributed by atoms with Crippen LogP contribution >= 0.6 is 0 Å². The third-order valence-corrected chi connectivity index (χ3v) is 2.99. The first-order chi connectivity index (χ1) is 4.33. The zero-order valence-corrected chi connectivity index (χ0v) is 5.95. The van der Waals surface area contributed by atoms with Crippen molar-refractivity contribution in [3.8, 4) is 0 Å². The molecule has 0 heterocycles. The van der Waals surface area contributed by atoms with E-state index in [2.05, 4.69) is 6.58 Å². The molecule has 0 amide bonds. The van der Waals surface area contributed by atoms with Crippen molar-refractivity contribution >= 4 is 0 Å². The molecule has 0 aromatic heterocycles. The molecule has 0 nitrogen and oxygen atoms in total. The molecule has 0 heteroatoms. The quantitative estimate of drug-likeness (QED) is 0.433. The highest BCUT2D eigenvalue weighted by molar-refractivity contribution is 5.29. The summed E-state index contributed by atoms with van der Waals surface area (Å²) >= 11 is 0. The van der Waals surface area contributed by atoms with Crippen molar-refractivity contribution < 1.29 is 0 Å². The van der Waals surface area contributed by atoms with Gasteiger partial charge >= 0.3 is 0 Å². The summed E-state index contributed by atoms with van der Waals surface area (Å²) in [6.45, 7) is 4.04. The van der Waals surface area contributed by atoms with E-state index in [9.17, 15) is 0 Å². The van der Waals surface area contributed by atoms with E-state index >= 15 is 0 Å². The summed E-state index contributed by atoms with van der Waals surface area (Å²) < 4.78 is 0. The SMILES string of the molecule is C=C1CC12CCCCC2. The highest BCUT2D eigenvalue weighted by atomic mass is 14.5. The lowest BCUT2D eigenvalue weighted by atomic mass is 9.86. The lowest BCUT2D eigenvalue weighted by Crippen LogP contribution is -2.05. The first-order valence-corrected chi connectivity index (χ1v) is 4.02. The van der Waals surface area contributed by atoms with Crippen LogP contribution in [0.25, 0.3) is 0 Å². The molecule has 0 aromatic carbocycles. The first kappa shape index (κ1) is 5.52. The van der Waals surface area contributed by atoms with Gasteiger partial charge in [0.25, 0.3) is 0 Å². The van der Waals surface area contributed by atoms with Crippen molar-refractivity contribution in [2.24, 2.45) is 5.41 Å². The van der Waals surface area contributed by atoms with Gasteiger partial charge in [-0.1, -0.05) is 31.4 Å². The second-order valence-corrected chi connectivity index (χ2v) is 3.62. The second kappa shape index (κ2) is 1.62. The van der Waals surface area contributed by atoms with Crippen molar-refractivity contribution in [2.75, 3.05) is 0 Å². The van der Waals surface area contributed by atoms with E-state index in [4.69, 9.17) is 0 Å². The average Bonchev–Trinajstić information content (AvgIpc) is 2.44. The Hall–Kier alpha value is -0.260. The van der Waals surface area contributed by atoms with Crippen LogP contribution in [0.5, 0.6) is 0 Å². The van der Waals surface area contributed by atoms with Gasteiger partial charge in [0.05, 0.1) is 0 Å².